The van der Waals surface area contributed by atoms with Gasteiger partial charge in [0, 0.05) is 32.4 Å². The van der Waals surface area contributed by atoms with Gasteiger partial charge in [-0.3, -0.25) is 0 Å². The summed E-state index contributed by atoms with van der Waals surface area (Å²) in [5.41, 5.74) is 0. The Labute approximate surface area is 133 Å². The molecule has 0 bridgehead atoms. The molecular weight excluding hydrogens is 324 g/mol. The van der Waals surface area contributed by atoms with E-state index >= 15 is 0 Å². The highest BCUT2D eigenvalue weighted by Crippen LogP contribution is 2.24. The van der Waals surface area contributed by atoms with Gasteiger partial charge in [-0.1, -0.05) is 12.1 Å². The predicted molar refractivity (Wildman–Crippen MR) is 81.6 cm³/mol. The second-order valence-corrected chi connectivity index (χ2v) is 7.00. The topological polar surface area (TPSA) is 53.5 Å². The lowest BCUT2D eigenvalue weighted by molar-refractivity contribution is 0.377. The molecule has 1 aliphatic rings. The largest absolute Gasteiger partial charge is 0.354 e. The molecule has 2 aromatic rings. The number of sulfonamides is 1. The molecule has 1 aromatic carbocycles. The summed E-state index contributed by atoms with van der Waals surface area (Å²) in [4.78, 5) is 5.27. The SMILES string of the molecule is O=S(=O)(c1c(F)cccc1F)N1CCN(c2ccccn2)CC1. The first kappa shape index (κ1) is 15.8. The Morgan fingerprint density at radius 3 is 2.13 bits per heavy atom. The molecule has 0 aliphatic carbocycles. The Kier molecular flexibility index (Phi) is 4.27. The van der Waals surface area contributed by atoms with Crippen LogP contribution in [-0.2, 0) is 10.0 Å². The molecule has 0 amide bonds. The summed E-state index contributed by atoms with van der Waals surface area (Å²) in [6.45, 7) is 1.11. The third kappa shape index (κ3) is 3.04. The van der Waals surface area contributed by atoms with Gasteiger partial charge in [0.1, 0.15) is 17.5 Å². The molecule has 8 heteroatoms. The molecule has 5 nitrogen and oxygen atoms in total. The van der Waals surface area contributed by atoms with Gasteiger partial charge in [-0.25, -0.2) is 22.2 Å². The number of anilines is 1. The van der Waals surface area contributed by atoms with Crippen LogP contribution in [0, 0.1) is 11.6 Å². The molecule has 1 aliphatic heterocycles. The van der Waals surface area contributed by atoms with Gasteiger partial charge in [-0.15, -0.1) is 0 Å². The van der Waals surface area contributed by atoms with Crippen LogP contribution in [0.15, 0.2) is 47.5 Å². The average molecular weight is 339 g/mol. The Bertz CT molecular complexity index is 771. The summed E-state index contributed by atoms with van der Waals surface area (Å²) >= 11 is 0. The van der Waals surface area contributed by atoms with Crippen molar-refractivity contribution >= 4 is 15.8 Å². The predicted octanol–water partition coefficient (Wildman–Crippen LogP) is 1.87. The van der Waals surface area contributed by atoms with Crippen LogP contribution in [0.3, 0.4) is 0 Å². The third-order valence-corrected chi connectivity index (χ3v) is 5.68. The molecule has 0 unspecified atom stereocenters. The van der Waals surface area contributed by atoms with Crippen molar-refractivity contribution in [1.29, 1.82) is 0 Å². The number of pyridine rings is 1. The van der Waals surface area contributed by atoms with E-state index in [1.54, 1.807) is 12.3 Å². The van der Waals surface area contributed by atoms with Gasteiger partial charge in [0.15, 0.2) is 4.90 Å². The molecule has 122 valence electrons. The standard InChI is InChI=1S/C15H15F2N3O2S/c16-12-4-3-5-13(17)15(12)23(21,22)20-10-8-19(9-11-20)14-6-1-2-7-18-14/h1-7H,8-11H2. The van der Waals surface area contributed by atoms with Crippen LogP contribution in [0.4, 0.5) is 14.6 Å². The van der Waals surface area contributed by atoms with Gasteiger partial charge < -0.3 is 4.90 Å². The lowest BCUT2D eigenvalue weighted by Gasteiger charge is -2.34. The van der Waals surface area contributed by atoms with E-state index in [0.717, 1.165) is 28.3 Å². The molecule has 0 atom stereocenters. The van der Waals surface area contributed by atoms with E-state index < -0.39 is 26.6 Å². The van der Waals surface area contributed by atoms with Crippen LogP contribution in [0.1, 0.15) is 0 Å². The van der Waals surface area contributed by atoms with E-state index in [4.69, 9.17) is 0 Å². The molecule has 3 rings (SSSR count). The van der Waals surface area contributed by atoms with Crippen LogP contribution < -0.4 is 4.90 Å². The zero-order valence-electron chi connectivity index (χ0n) is 12.2. The summed E-state index contributed by atoms with van der Waals surface area (Å²) < 4.78 is 53.6. The highest BCUT2D eigenvalue weighted by Gasteiger charge is 2.33. The van der Waals surface area contributed by atoms with Crippen molar-refractivity contribution in [3.05, 3.63) is 54.2 Å². The Balaban J connectivity index is 1.79. The maximum Gasteiger partial charge on any atom is 0.249 e. The van der Waals surface area contributed by atoms with Crippen molar-refractivity contribution in [2.75, 3.05) is 31.1 Å². The molecule has 0 saturated carbocycles. The zero-order valence-corrected chi connectivity index (χ0v) is 13.0. The van der Waals surface area contributed by atoms with Crippen molar-refractivity contribution in [2.24, 2.45) is 0 Å². The molecule has 0 radical (unpaired) electrons. The number of hydrogen-bond donors (Lipinski definition) is 0. The highest BCUT2D eigenvalue weighted by molar-refractivity contribution is 7.89. The fourth-order valence-electron chi connectivity index (χ4n) is 2.56. The van der Waals surface area contributed by atoms with Crippen LogP contribution in [0.5, 0.6) is 0 Å². The van der Waals surface area contributed by atoms with E-state index in [0.29, 0.717) is 13.1 Å². The van der Waals surface area contributed by atoms with E-state index in [1.165, 1.54) is 0 Å². The van der Waals surface area contributed by atoms with E-state index in [9.17, 15) is 17.2 Å². The van der Waals surface area contributed by atoms with Crippen molar-refractivity contribution < 1.29 is 17.2 Å². The molecular formula is C15H15F2N3O2S. The number of aromatic nitrogens is 1. The maximum absolute atomic E-state index is 13.8. The summed E-state index contributed by atoms with van der Waals surface area (Å²) in [6, 6.07) is 8.51. The van der Waals surface area contributed by atoms with Crippen LogP contribution >= 0.6 is 0 Å². The van der Waals surface area contributed by atoms with E-state index in [1.807, 2.05) is 17.0 Å². The number of piperazine rings is 1. The summed E-state index contributed by atoms with van der Waals surface area (Å²) in [5.74, 6) is -1.39. The van der Waals surface area contributed by atoms with E-state index in [-0.39, 0.29) is 13.1 Å². The van der Waals surface area contributed by atoms with Gasteiger partial charge in [0.25, 0.3) is 0 Å². The summed E-state index contributed by atoms with van der Waals surface area (Å²) in [5, 5.41) is 0. The minimum Gasteiger partial charge on any atom is -0.354 e. The van der Waals surface area contributed by atoms with Crippen LogP contribution in [-0.4, -0.2) is 43.9 Å². The smallest absolute Gasteiger partial charge is 0.249 e. The second kappa shape index (κ2) is 6.21. The lowest BCUT2D eigenvalue weighted by Crippen LogP contribution is -2.49. The normalized spacial score (nSPS) is 16.5. The van der Waals surface area contributed by atoms with Crippen LogP contribution in [0.2, 0.25) is 0 Å². The highest BCUT2D eigenvalue weighted by atomic mass is 32.2. The summed E-state index contributed by atoms with van der Waals surface area (Å²) in [6.07, 6.45) is 1.66. The Morgan fingerprint density at radius 2 is 1.57 bits per heavy atom. The number of rotatable bonds is 3. The van der Waals surface area contributed by atoms with Gasteiger partial charge >= 0.3 is 0 Å². The van der Waals surface area contributed by atoms with Gasteiger partial charge in [-0.2, -0.15) is 4.31 Å². The molecule has 1 aromatic heterocycles. The first-order chi connectivity index (χ1) is 11.0. The quantitative estimate of drug-likeness (QED) is 0.857. The summed E-state index contributed by atoms with van der Waals surface area (Å²) in [7, 11) is -4.19. The number of benzene rings is 1. The molecule has 23 heavy (non-hydrogen) atoms. The Hall–Kier alpha value is -2.06. The minimum atomic E-state index is -4.19. The van der Waals surface area contributed by atoms with Crippen molar-refractivity contribution in [3.63, 3.8) is 0 Å². The average Bonchev–Trinajstić information content (AvgIpc) is 2.55. The number of hydrogen-bond acceptors (Lipinski definition) is 4. The molecule has 1 fully saturated rings. The first-order valence-corrected chi connectivity index (χ1v) is 8.54. The first-order valence-electron chi connectivity index (χ1n) is 7.10. The number of halogens is 2. The maximum atomic E-state index is 13.8. The lowest BCUT2D eigenvalue weighted by atomic mass is 10.3. The molecule has 0 spiro atoms. The van der Waals surface area contributed by atoms with Crippen LogP contribution in [0.25, 0.3) is 0 Å². The fourth-order valence-corrected chi connectivity index (χ4v) is 4.09. The fraction of sp³-hybridized carbons (Fsp3) is 0.267. The minimum absolute atomic E-state index is 0.146. The van der Waals surface area contributed by atoms with Gasteiger partial charge in [0.2, 0.25) is 10.0 Å². The van der Waals surface area contributed by atoms with Crippen molar-refractivity contribution in [1.82, 2.24) is 9.29 Å². The van der Waals surface area contributed by atoms with Gasteiger partial charge in [0.05, 0.1) is 0 Å². The monoisotopic (exact) mass is 339 g/mol. The van der Waals surface area contributed by atoms with Gasteiger partial charge in [-0.05, 0) is 24.3 Å². The zero-order chi connectivity index (χ0) is 16.4. The second-order valence-electron chi connectivity index (χ2n) is 5.13. The van der Waals surface area contributed by atoms with Crippen molar-refractivity contribution in [3.8, 4) is 0 Å². The Morgan fingerprint density at radius 1 is 0.913 bits per heavy atom. The molecule has 1 saturated heterocycles. The molecule has 2 heterocycles. The molecule has 0 N–H and O–H groups in total. The van der Waals surface area contributed by atoms with E-state index in [2.05, 4.69) is 4.98 Å². The van der Waals surface area contributed by atoms with Crippen molar-refractivity contribution in [2.45, 2.75) is 4.90 Å². The number of nitrogens with zero attached hydrogens (tertiary/aromatic N) is 3. The third-order valence-electron chi connectivity index (χ3n) is 3.73.